The van der Waals surface area contributed by atoms with E-state index in [4.69, 9.17) is 4.74 Å². The van der Waals surface area contributed by atoms with Gasteiger partial charge in [-0.3, -0.25) is 9.69 Å². The van der Waals surface area contributed by atoms with E-state index in [1.807, 2.05) is 57.1 Å². The second kappa shape index (κ2) is 6.34. The third kappa shape index (κ3) is 3.33. The lowest BCUT2D eigenvalue weighted by Gasteiger charge is -2.37. The Morgan fingerprint density at radius 3 is 2.50 bits per heavy atom. The minimum absolute atomic E-state index is 0.176. The summed E-state index contributed by atoms with van der Waals surface area (Å²) in [6.45, 7) is 4.28. The monoisotopic (exact) mass is 313 g/mol. The highest BCUT2D eigenvalue weighted by Crippen LogP contribution is 2.35. The Morgan fingerprint density at radius 1 is 1.39 bits per heavy atom. The van der Waals surface area contributed by atoms with Crippen LogP contribution in [0.2, 0.25) is 0 Å². The van der Waals surface area contributed by atoms with Gasteiger partial charge in [-0.2, -0.15) is 0 Å². The van der Waals surface area contributed by atoms with E-state index < -0.39 is 0 Å². The van der Waals surface area contributed by atoms with Crippen molar-refractivity contribution < 1.29 is 9.53 Å². The van der Waals surface area contributed by atoms with Crippen LogP contribution < -0.4 is 0 Å². The van der Waals surface area contributed by atoms with Crippen LogP contribution in [-0.2, 0) is 15.1 Å². The lowest BCUT2D eigenvalue weighted by atomic mass is 9.87. The summed E-state index contributed by atoms with van der Waals surface area (Å²) in [4.78, 5) is 13.8. The summed E-state index contributed by atoms with van der Waals surface area (Å²) in [6.07, 6.45) is 0.330. The average molecular weight is 314 g/mol. The lowest BCUT2D eigenvalue weighted by molar-refractivity contribution is -0.146. The van der Waals surface area contributed by atoms with Crippen LogP contribution in [0.1, 0.15) is 25.8 Å². The Balaban J connectivity index is 3.08. The van der Waals surface area contributed by atoms with E-state index in [9.17, 15) is 4.79 Å². The van der Waals surface area contributed by atoms with Crippen LogP contribution in [0.3, 0.4) is 0 Å². The van der Waals surface area contributed by atoms with Crippen LogP contribution in [0.25, 0.3) is 0 Å². The number of hydrogen-bond acceptors (Lipinski definition) is 3. The van der Waals surface area contributed by atoms with Crippen LogP contribution in [0, 0.1) is 0 Å². The first-order chi connectivity index (χ1) is 8.41. The van der Waals surface area contributed by atoms with Crippen molar-refractivity contribution in [3.05, 3.63) is 34.3 Å². The molecule has 0 fully saturated rings. The van der Waals surface area contributed by atoms with Crippen molar-refractivity contribution in [3.63, 3.8) is 0 Å². The van der Waals surface area contributed by atoms with Crippen LogP contribution in [0.5, 0.6) is 0 Å². The molecular weight excluding hydrogens is 294 g/mol. The molecular formula is C14H20BrNO2. The SMILES string of the molecule is CCOC(=O)CC(C)(c1ccccc1Br)N(C)C. The number of rotatable bonds is 5. The standard InChI is InChI=1S/C14H20BrNO2/c1-5-18-13(17)10-14(2,16(3)4)11-8-6-7-9-12(11)15/h6-9H,5,10H2,1-4H3. The Morgan fingerprint density at radius 2 is 2.00 bits per heavy atom. The van der Waals surface area contributed by atoms with Crippen LogP contribution in [-0.4, -0.2) is 31.6 Å². The van der Waals surface area contributed by atoms with E-state index in [0.29, 0.717) is 13.0 Å². The minimum atomic E-state index is -0.383. The number of halogens is 1. The van der Waals surface area contributed by atoms with Crippen LogP contribution in [0.15, 0.2) is 28.7 Å². The highest BCUT2D eigenvalue weighted by atomic mass is 79.9. The van der Waals surface area contributed by atoms with E-state index in [0.717, 1.165) is 10.0 Å². The first-order valence-electron chi connectivity index (χ1n) is 6.00. The summed E-state index contributed by atoms with van der Waals surface area (Å²) >= 11 is 3.55. The van der Waals surface area contributed by atoms with Crippen LogP contribution in [0.4, 0.5) is 0 Å². The molecule has 0 aliphatic heterocycles. The Labute approximate surface area is 117 Å². The minimum Gasteiger partial charge on any atom is -0.466 e. The number of esters is 1. The molecule has 4 heteroatoms. The smallest absolute Gasteiger partial charge is 0.308 e. The molecule has 0 bridgehead atoms. The maximum atomic E-state index is 11.8. The molecule has 0 spiro atoms. The van der Waals surface area contributed by atoms with Crippen molar-refractivity contribution >= 4 is 21.9 Å². The predicted octanol–water partition coefficient (Wildman–Crippen LogP) is 3.18. The van der Waals surface area contributed by atoms with Crippen molar-refractivity contribution in [2.24, 2.45) is 0 Å². The molecule has 1 aromatic carbocycles. The molecule has 0 amide bonds. The third-order valence-electron chi connectivity index (χ3n) is 3.24. The molecule has 1 rings (SSSR count). The zero-order valence-corrected chi connectivity index (χ0v) is 13.0. The van der Waals surface area contributed by atoms with Crippen molar-refractivity contribution in [2.75, 3.05) is 20.7 Å². The van der Waals surface area contributed by atoms with Gasteiger partial charge in [0.05, 0.1) is 18.6 Å². The Hall–Kier alpha value is -0.870. The predicted molar refractivity (Wildman–Crippen MR) is 76.4 cm³/mol. The summed E-state index contributed by atoms with van der Waals surface area (Å²) in [7, 11) is 3.94. The first-order valence-corrected chi connectivity index (χ1v) is 6.79. The van der Waals surface area contributed by atoms with Gasteiger partial charge in [0.25, 0.3) is 0 Å². The van der Waals surface area contributed by atoms with Gasteiger partial charge in [-0.25, -0.2) is 0 Å². The molecule has 1 atom stereocenters. The average Bonchev–Trinajstić information content (AvgIpc) is 2.29. The fourth-order valence-electron chi connectivity index (χ4n) is 1.89. The second-order valence-corrected chi connectivity index (χ2v) is 5.48. The maximum Gasteiger partial charge on any atom is 0.308 e. The van der Waals surface area contributed by atoms with E-state index in [-0.39, 0.29) is 11.5 Å². The number of carbonyl (C=O) groups is 1. The fraction of sp³-hybridized carbons (Fsp3) is 0.500. The lowest BCUT2D eigenvalue weighted by Crippen LogP contribution is -2.41. The molecule has 0 heterocycles. The topological polar surface area (TPSA) is 29.5 Å². The summed E-state index contributed by atoms with van der Waals surface area (Å²) < 4.78 is 6.07. The molecule has 3 nitrogen and oxygen atoms in total. The van der Waals surface area contributed by atoms with Crippen LogP contribution >= 0.6 is 15.9 Å². The normalized spacial score (nSPS) is 14.3. The number of carbonyl (C=O) groups excluding carboxylic acids is 1. The molecule has 1 unspecified atom stereocenters. The van der Waals surface area contributed by atoms with E-state index in [1.165, 1.54) is 0 Å². The molecule has 0 N–H and O–H groups in total. The second-order valence-electron chi connectivity index (χ2n) is 4.63. The van der Waals surface area contributed by atoms with Gasteiger partial charge in [0.1, 0.15) is 0 Å². The highest BCUT2D eigenvalue weighted by molar-refractivity contribution is 9.10. The van der Waals surface area contributed by atoms with Gasteiger partial charge in [0.2, 0.25) is 0 Å². The zero-order chi connectivity index (χ0) is 13.8. The van der Waals surface area contributed by atoms with Gasteiger partial charge in [0.15, 0.2) is 0 Å². The van der Waals surface area contributed by atoms with Crippen molar-refractivity contribution in [1.82, 2.24) is 4.90 Å². The van der Waals surface area contributed by atoms with E-state index >= 15 is 0 Å². The molecule has 0 radical (unpaired) electrons. The molecule has 100 valence electrons. The Bertz CT molecular complexity index is 420. The number of benzene rings is 1. The summed E-state index contributed by atoms with van der Waals surface area (Å²) in [5.41, 5.74) is 0.704. The fourth-order valence-corrected chi connectivity index (χ4v) is 2.60. The third-order valence-corrected chi connectivity index (χ3v) is 3.93. The summed E-state index contributed by atoms with van der Waals surface area (Å²) in [5.74, 6) is -0.176. The summed E-state index contributed by atoms with van der Waals surface area (Å²) in [5, 5.41) is 0. The molecule has 0 aliphatic carbocycles. The molecule has 0 saturated heterocycles. The van der Waals surface area contributed by atoms with E-state index in [1.54, 1.807) is 0 Å². The molecule has 0 aromatic heterocycles. The number of ether oxygens (including phenoxy) is 1. The number of hydrogen-bond donors (Lipinski definition) is 0. The van der Waals surface area contributed by atoms with Gasteiger partial charge < -0.3 is 4.74 Å². The molecule has 18 heavy (non-hydrogen) atoms. The largest absolute Gasteiger partial charge is 0.466 e. The van der Waals surface area contributed by atoms with Crippen molar-refractivity contribution in [3.8, 4) is 0 Å². The first kappa shape index (κ1) is 15.2. The Kier molecular flexibility index (Phi) is 5.35. The zero-order valence-electron chi connectivity index (χ0n) is 11.4. The highest BCUT2D eigenvalue weighted by Gasteiger charge is 2.34. The van der Waals surface area contributed by atoms with Crippen molar-refractivity contribution in [1.29, 1.82) is 0 Å². The maximum absolute atomic E-state index is 11.8. The van der Waals surface area contributed by atoms with Gasteiger partial charge in [-0.05, 0) is 39.6 Å². The molecule has 0 saturated carbocycles. The van der Waals surface area contributed by atoms with E-state index in [2.05, 4.69) is 15.9 Å². The van der Waals surface area contributed by atoms with Crippen molar-refractivity contribution in [2.45, 2.75) is 25.8 Å². The van der Waals surface area contributed by atoms with Gasteiger partial charge >= 0.3 is 5.97 Å². The molecule has 0 aliphatic rings. The van der Waals surface area contributed by atoms with Gasteiger partial charge in [0, 0.05) is 4.47 Å². The van der Waals surface area contributed by atoms with Gasteiger partial charge in [-0.1, -0.05) is 34.1 Å². The number of nitrogens with zero attached hydrogens (tertiary/aromatic N) is 1. The summed E-state index contributed by atoms with van der Waals surface area (Å²) in [6, 6.07) is 7.96. The quantitative estimate of drug-likeness (QED) is 0.782. The van der Waals surface area contributed by atoms with Gasteiger partial charge in [-0.15, -0.1) is 0 Å². The molecule has 1 aromatic rings.